The van der Waals surface area contributed by atoms with Crippen molar-refractivity contribution in [2.24, 2.45) is 5.92 Å². The van der Waals surface area contributed by atoms with E-state index in [1.807, 2.05) is 19.1 Å². The first-order chi connectivity index (χ1) is 17.2. The van der Waals surface area contributed by atoms with Gasteiger partial charge in [-0.2, -0.15) is 13.2 Å². The number of aryl methyl sites for hydroxylation is 1. The fraction of sp³-hybridized carbons (Fsp3) is 0.321. The van der Waals surface area contributed by atoms with Crippen LogP contribution in [0.15, 0.2) is 66.7 Å². The number of rotatable bonds is 4. The molecule has 2 heterocycles. The van der Waals surface area contributed by atoms with E-state index >= 15 is 0 Å². The minimum absolute atomic E-state index is 0.197. The summed E-state index contributed by atoms with van der Waals surface area (Å²) in [6, 6.07) is 17.7. The number of alkyl halides is 3. The van der Waals surface area contributed by atoms with Crippen LogP contribution in [0.25, 0.3) is 0 Å². The normalized spacial score (nSPS) is 19.5. The van der Waals surface area contributed by atoms with Crippen LogP contribution in [0.4, 0.5) is 28.9 Å². The van der Waals surface area contributed by atoms with Gasteiger partial charge < -0.3 is 15.1 Å². The van der Waals surface area contributed by atoms with E-state index in [2.05, 4.69) is 27.2 Å². The molecular weight excluding hydrogens is 470 g/mol. The fourth-order valence-electron chi connectivity index (χ4n) is 5.21. The highest BCUT2D eigenvalue weighted by Crippen LogP contribution is 2.40. The number of hydrogen-bond acceptors (Lipinski definition) is 3. The molecule has 0 bridgehead atoms. The van der Waals surface area contributed by atoms with Gasteiger partial charge in [-0.1, -0.05) is 29.8 Å². The molecule has 36 heavy (non-hydrogen) atoms. The quantitative estimate of drug-likeness (QED) is 0.495. The lowest BCUT2D eigenvalue weighted by atomic mass is 9.82. The highest BCUT2D eigenvalue weighted by Gasteiger charge is 2.42. The Bertz CT molecular complexity index is 1240. The molecule has 0 aromatic heterocycles. The Hall–Kier alpha value is -3.55. The number of piperazine rings is 1. The number of carbonyl (C=O) groups is 1. The van der Waals surface area contributed by atoms with Gasteiger partial charge in [0.05, 0.1) is 17.5 Å². The predicted molar refractivity (Wildman–Crippen MR) is 131 cm³/mol. The van der Waals surface area contributed by atoms with Crippen LogP contribution in [0.1, 0.15) is 22.3 Å². The lowest BCUT2D eigenvalue weighted by molar-refractivity contribution is -0.137. The summed E-state index contributed by atoms with van der Waals surface area (Å²) in [6.07, 6.45) is -4.23. The molecule has 1 fully saturated rings. The Labute approximate surface area is 207 Å². The van der Waals surface area contributed by atoms with Crippen molar-refractivity contribution in [1.82, 2.24) is 5.32 Å². The van der Waals surface area contributed by atoms with Crippen LogP contribution in [0, 0.1) is 18.7 Å². The number of carbonyl (C=O) groups excluding carboxylic acids is 1. The van der Waals surface area contributed by atoms with Gasteiger partial charge in [0.15, 0.2) is 0 Å². The number of amides is 1. The maximum atomic E-state index is 13.4. The molecule has 2 atom stereocenters. The molecule has 0 aliphatic carbocycles. The first-order valence-corrected chi connectivity index (χ1v) is 12.0. The van der Waals surface area contributed by atoms with Crippen LogP contribution in [0.3, 0.4) is 0 Å². The molecule has 2 aliphatic heterocycles. The number of benzene rings is 3. The lowest BCUT2D eigenvalue weighted by Crippen LogP contribution is -2.61. The third kappa shape index (κ3) is 4.90. The third-order valence-corrected chi connectivity index (χ3v) is 7.16. The van der Waals surface area contributed by atoms with Crippen molar-refractivity contribution < 1.29 is 22.4 Å². The average Bonchev–Trinajstić information content (AvgIpc) is 2.87. The van der Waals surface area contributed by atoms with Gasteiger partial charge in [-0.05, 0) is 66.9 Å². The Morgan fingerprint density at radius 3 is 2.42 bits per heavy atom. The molecule has 1 amide bonds. The van der Waals surface area contributed by atoms with Crippen LogP contribution < -0.4 is 15.1 Å². The van der Waals surface area contributed by atoms with Crippen LogP contribution in [-0.2, 0) is 23.9 Å². The second-order valence-corrected chi connectivity index (χ2v) is 9.54. The summed E-state index contributed by atoms with van der Waals surface area (Å²) in [6.45, 7) is 4.12. The minimum Gasteiger partial charge on any atom is -0.368 e. The van der Waals surface area contributed by atoms with E-state index in [1.54, 1.807) is 18.2 Å². The Morgan fingerprint density at radius 2 is 1.72 bits per heavy atom. The molecule has 1 saturated heterocycles. The zero-order valence-corrected chi connectivity index (χ0v) is 19.9. The van der Waals surface area contributed by atoms with E-state index in [0.717, 1.165) is 28.6 Å². The molecule has 8 heteroatoms. The molecule has 188 valence electrons. The van der Waals surface area contributed by atoms with Crippen molar-refractivity contribution in [2.75, 3.05) is 29.4 Å². The van der Waals surface area contributed by atoms with Gasteiger partial charge >= 0.3 is 6.18 Å². The first kappa shape index (κ1) is 24.2. The number of anilines is 2. The third-order valence-electron chi connectivity index (χ3n) is 7.16. The molecule has 0 spiro atoms. The van der Waals surface area contributed by atoms with Gasteiger partial charge in [0.1, 0.15) is 5.82 Å². The van der Waals surface area contributed by atoms with Crippen LogP contribution >= 0.6 is 0 Å². The van der Waals surface area contributed by atoms with Gasteiger partial charge in [0, 0.05) is 37.6 Å². The fourth-order valence-corrected chi connectivity index (χ4v) is 5.21. The molecule has 3 aromatic carbocycles. The summed E-state index contributed by atoms with van der Waals surface area (Å²) in [5.41, 5.74) is 3.56. The van der Waals surface area contributed by atoms with Crippen molar-refractivity contribution in [3.63, 3.8) is 0 Å². The molecular formula is C28H27F4N3O. The maximum absolute atomic E-state index is 13.4. The number of nitrogens with one attached hydrogen (secondary N) is 1. The van der Waals surface area contributed by atoms with Gasteiger partial charge in [-0.3, -0.25) is 4.79 Å². The number of halogens is 4. The van der Waals surface area contributed by atoms with Crippen molar-refractivity contribution in [3.05, 3.63) is 94.8 Å². The van der Waals surface area contributed by atoms with Gasteiger partial charge in [-0.25, -0.2) is 4.39 Å². The molecule has 2 aliphatic rings. The van der Waals surface area contributed by atoms with Gasteiger partial charge in [0.25, 0.3) is 0 Å². The average molecular weight is 498 g/mol. The van der Waals surface area contributed by atoms with E-state index in [1.165, 1.54) is 18.2 Å². The summed E-state index contributed by atoms with van der Waals surface area (Å²) >= 11 is 0. The SMILES string of the molecule is Cc1ccc(N2CCN3c4ccc(C(F)(F)F)cc4CC(C(=O)NCc4ccc(F)cc4)C3C2)cc1. The monoisotopic (exact) mass is 497 g/mol. The van der Waals surface area contributed by atoms with E-state index in [-0.39, 0.29) is 30.7 Å². The summed E-state index contributed by atoms with van der Waals surface area (Å²) in [5, 5.41) is 2.93. The maximum Gasteiger partial charge on any atom is 0.416 e. The van der Waals surface area contributed by atoms with Crippen molar-refractivity contribution >= 4 is 17.3 Å². The number of nitrogens with zero attached hydrogens (tertiary/aromatic N) is 2. The Kier molecular flexibility index (Phi) is 6.36. The van der Waals surface area contributed by atoms with E-state index < -0.39 is 17.7 Å². The number of fused-ring (bicyclic) bond motifs is 3. The second-order valence-electron chi connectivity index (χ2n) is 9.54. The molecule has 5 rings (SSSR count). The minimum atomic E-state index is -4.45. The molecule has 4 nitrogen and oxygen atoms in total. The number of hydrogen-bond donors (Lipinski definition) is 1. The van der Waals surface area contributed by atoms with Crippen molar-refractivity contribution in [2.45, 2.75) is 32.1 Å². The summed E-state index contributed by atoms with van der Waals surface area (Å²) in [5.74, 6) is -1.11. The van der Waals surface area contributed by atoms with E-state index in [0.29, 0.717) is 25.2 Å². The summed E-state index contributed by atoms with van der Waals surface area (Å²) in [7, 11) is 0. The van der Waals surface area contributed by atoms with Gasteiger partial charge in [-0.15, -0.1) is 0 Å². The molecule has 1 N–H and O–H groups in total. The highest BCUT2D eigenvalue weighted by atomic mass is 19.4. The van der Waals surface area contributed by atoms with E-state index in [4.69, 9.17) is 0 Å². The largest absolute Gasteiger partial charge is 0.416 e. The topological polar surface area (TPSA) is 35.6 Å². The predicted octanol–water partition coefficient (Wildman–Crippen LogP) is 5.34. The zero-order valence-electron chi connectivity index (χ0n) is 19.9. The Balaban J connectivity index is 1.43. The Morgan fingerprint density at radius 1 is 1.00 bits per heavy atom. The molecule has 0 radical (unpaired) electrons. The summed E-state index contributed by atoms with van der Waals surface area (Å²) in [4.78, 5) is 17.7. The molecule has 3 aromatic rings. The van der Waals surface area contributed by atoms with E-state index in [9.17, 15) is 22.4 Å². The molecule has 0 saturated carbocycles. The van der Waals surface area contributed by atoms with Crippen LogP contribution in [0.2, 0.25) is 0 Å². The standard InChI is InChI=1S/C28H27F4N3O/c1-18-2-9-23(10-3-18)34-12-13-35-25-11-6-21(28(30,31)32)14-20(25)15-24(26(35)17-34)27(36)33-16-19-4-7-22(29)8-5-19/h2-11,14,24,26H,12-13,15-17H2,1H3,(H,33,36). The van der Waals surface area contributed by atoms with Crippen LogP contribution in [0.5, 0.6) is 0 Å². The smallest absolute Gasteiger partial charge is 0.368 e. The van der Waals surface area contributed by atoms with Gasteiger partial charge in [0.2, 0.25) is 5.91 Å². The first-order valence-electron chi connectivity index (χ1n) is 12.0. The van der Waals surface area contributed by atoms with Crippen LogP contribution in [-0.4, -0.2) is 31.6 Å². The lowest BCUT2D eigenvalue weighted by Gasteiger charge is -2.49. The zero-order chi connectivity index (χ0) is 25.4. The van der Waals surface area contributed by atoms with Crippen molar-refractivity contribution in [1.29, 1.82) is 0 Å². The molecule has 2 unspecified atom stereocenters. The second kappa shape index (κ2) is 9.48. The summed E-state index contributed by atoms with van der Waals surface area (Å²) < 4.78 is 53.5. The highest BCUT2D eigenvalue weighted by molar-refractivity contribution is 5.82. The van der Waals surface area contributed by atoms with Crippen molar-refractivity contribution in [3.8, 4) is 0 Å².